The van der Waals surface area contributed by atoms with E-state index in [-0.39, 0.29) is 28.6 Å². The second-order valence-electron chi connectivity index (χ2n) is 11.8. The molecule has 0 bridgehead atoms. The first-order valence-electron chi connectivity index (χ1n) is 15.6. The molecule has 0 N–H and O–H groups in total. The van der Waals surface area contributed by atoms with Crippen molar-refractivity contribution in [3.63, 3.8) is 0 Å². The van der Waals surface area contributed by atoms with Crippen LogP contribution in [-0.2, 0) is 6.42 Å². The van der Waals surface area contributed by atoms with Gasteiger partial charge in [0.2, 0.25) is 0 Å². The Hall–Kier alpha value is -6.13. The molecule has 8 rings (SSSR count). The van der Waals surface area contributed by atoms with Crippen molar-refractivity contribution < 1.29 is 19.2 Å². The highest BCUT2D eigenvalue weighted by atomic mass is 32.1. The van der Waals surface area contributed by atoms with Crippen LogP contribution in [0.15, 0.2) is 125 Å². The maximum atomic E-state index is 14.5. The minimum atomic E-state index is -0.674. The second kappa shape index (κ2) is 12.1. The maximum Gasteiger partial charge on any atom is 0.343 e. The number of nitro benzene ring substituents is 1. The Kier molecular flexibility index (Phi) is 7.49. The first kappa shape index (κ1) is 30.2. The molecule has 240 valence electrons. The molecule has 1 aromatic heterocycles. The predicted octanol–water partition coefficient (Wildman–Crippen LogP) is 6.61. The molecule has 10 heteroatoms. The van der Waals surface area contributed by atoms with Crippen molar-refractivity contribution in [1.29, 1.82) is 0 Å². The molecule has 1 atom stereocenters. The fourth-order valence-corrected chi connectivity index (χ4v) is 7.61. The number of ether oxygens (including phenoxy) is 2. The third kappa shape index (κ3) is 5.32. The first-order chi connectivity index (χ1) is 23.9. The lowest BCUT2D eigenvalue weighted by Gasteiger charge is -2.30. The summed E-state index contributed by atoms with van der Waals surface area (Å²) in [5, 5.41) is 12.8. The highest BCUT2D eigenvalue weighted by molar-refractivity contribution is 7.07. The van der Waals surface area contributed by atoms with Crippen LogP contribution >= 0.6 is 11.3 Å². The molecule has 9 nitrogen and oxygen atoms in total. The molecule has 0 saturated heterocycles. The number of nitrogens with zero attached hydrogens (tertiary/aromatic N) is 3. The van der Waals surface area contributed by atoms with Crippen molar-refractivity contribution in [3.8, 4) is 11.5 Å². The Bertz CT molecular complexity index is 2530. The van der Waals surface area contributed by atoms with Crippen molar-refractivity contribution in [2.45, 2.75) is 18.9 Å². The van der Waals surface area contributed by atoms with E-state index in [4.69, 9.17) is 14.5 Å². The van der Waals surface area contributed by atoms with E-state index in [1.165, 1.54) is 41.2 Å². The number of aryl methyl sites for hydroxylation is 1. The zero-order chi connectivity index (χ0) is 33.6. The molecule has 0 amide bonds. The van der Waals surface area contributed by atoms with Crippen LogP contribution in [0.1, 0.15) is 45.1 Å². The number of methoxy groups -OCH3 is 1. The van der Waals surface area contributed by atoms with Crippen molar-refractivity contribution >= 4 is 45.5 Å². The monoisotopic (exact) mass is 665 g/mol. The molecule has 0 saturated carbocycles. The van der Waals surface area contributed by atoms with Crippen LogP contribution in [0.4, 0.5) is 5.69 Å². The normalized spacial score (nSPS) is 15.2. The predicted molar refractivity (Wildman–Crippen MR) is 188 cm³/mol. The number of non-ortho nitro benzene ring substituents is 1. The smallest absolute Gasteiger partial charge is 0.343 e. The Morgan fingerprint density at radius 3 is 2.47 bits per heavy atom. The van der Waals surface area contributed by atoms with Gasteiger partial charge in [-0.2, -0.15) is 0 Å². The number of benzene rings is 5. The number of carbonyl (C=O) groups excluding carboxylic acids is 1. The lowest BCUT2D eigenvalue weighted by Crippen LogP contribution is -2.38. The average molecular weight is 666 g/mol. The number of hydrogen-bond donors (Lipinski definition) is 0. The van der Waals surface area contributed by atoms with E-state index in [0.717, 1.165) is 51.8 Å². The lowest BCUT2D eigenvalue weighted by atomic mass is 9.83. The van der Waals surface area contributed by atoms with Crippen molar-refractivity contribution in [2.75, 3.05) is 7.11 Å². The maximum absolute atomic E-state index is 14.5. The van der Waals surface area contributed by atoms with Gasteiger partial charge < -0.3 is 9.47 Å². The second-order valence-corrected chi connectivity index (χ2v) is 12.8. The van der Waals surface area contributed by atoms with Crippen molar-refractivity contribution in [2.24, 2.45) is 4.99 Å². The molecule has 0 spiro atoms. The third-order valence-electron chi connectivity index (χ3n) is 9.03. The van der Waals surface area contributed by atoms with Crippen LogP contribution in [0.5, 0.6) is 11.5 Å². The van der Waals surface area contributed by atoms with Crippen LogP contribution in [0, 0.1) is 10.1 Å². The van der Waals surface area contributed by atoms with Gasteiger partial charge in [0, 0.05) is 23.3 Å². The third-order valence-corrected chi connectivity index (χ3v) is 10.0. The number of nitro groups is 1. The van der Waals surface area contributed by atoms with Crippen molar-refractivity contribution in [3.05, 3.63) is 172 Å². The molecular formula is C39H27N3O6S. The van der Waals surface area contributed by atoms with Crippen LogP contribution in [-0.4, -0.2) is 22.6 Å². The molecule has 6 aromatic rings. The number of fused-ring (bicyclic) bond motifs is 4. The molecule has 49 heavy (non-hydrogen) atoms. The minimum absolute atomic E-state index is 0.128. The summed E-state index contributed by atoms with van der Waals surface area (Å²) < 4.78 is 13.5. The van der Waals surface area contributed by atoms with Gasteiger partial charge in [-0.25, -0.2) is 9.79 Å². The van der Waals surface area contributed by atoms with Gasteiger partial charge in [-0.1, -0.05) is 78.1 Å². The quantitative estimate of drug-likeness (QED) is 0.0857. The molecule has 0 radical (unpaired) electrons. The molecular weight excluding hydrogens is 639 g/mol. The van der Waals surface area contributed by atoms with Gasteiger partial charge in [0.15, 0.2) is 4.80 Å². The minimum Gasteiger partial charge on any atom is -0.497 e. The summed E-state index contributed by atoms with van der Waals surface area (Å²) in [6.07, 6.45) is 3.38. The van der Waals surface area contributed by atoms with Gasteiger partial charge in [-0.05, 0) is 76.7 Å². The number of rotatable bonds is 6. The fourth-order valence-electron chi connectivity index (χ4n) is 6.63. The van der Waals surface area contributed by atoms with Crippen LogP contribution < -0.4 is 24.4 Å². The Balaban J connectivity index is 1.30. The number of hydrogen-bond acceptors (Lipinski definition) is 8. The van der Waals surface area contributed by atoms with E-state index in [1.807, 2.05) is 66.7 Å². The summed E-state index contributed by atoms with van der Waals surface area (Å²) in [4.78, 5) is 44.0. The van der Waals surface area contributed by atoms with E-state index >= 15 is 0 Å². The van der Waals surface area contributed by atoms with E-state index in [9.17, 15) is 19.7 Å². The molecule has 2 aliphatic rings. The van der Waals surface area contributed by atoms with Crippen LogP contribution in [0.25, 0.3) is 22.5 Å². The molecule has 0 unspecified atom stereocenters. The molecule has 1 aliphatic carbocycles. The van der Waals surface area contributed by atoms with Crippen LogP contribution in [0.3, 0.4) is 0 Å². The average Bonchev–Trinajstić information content (AvgIpc) is 3.45. The first-order valence-corrected chi connectivity index (χ1v) is 16.5. The number of allylic oxidation sites excluding steroid dienone is 1. The lowest BCUT2D eigenvalue weighted by molar-refractivity contribution is -0.384. The van der Waals surface area contributed by atoms with Gasteiger partial charge in [-0.15, -0.1) is 0 Å². The van der Waals surface area contributed by atoms with E-state index in [0.29, 0.717) is 14.9 Å². The largest absolute Gasteiger partial charge is 0.497 e. The number of carbonyl (C=O) groups is 1. The number of thiazole rings is 1. The molecule has 0 fully saturated rings. The number of aromatic nitrogens is 1. The zero-order valence-corrected chi connectivity index (χ0v) is 27.0. The Morgan fingerprint density at radius 2 is 1.69 bits per heavy atom. The highest BCUT2D eigenvalue weighted by Gasteiger charge is 2.32. The Labute approximate surface area is 283 Å². The summed E-state index contributed by atoms with van der Waals surface area (Å²) in [7, 11) is 1.63. The topological polar surface area (TPSA) is 113 Å². The van der Waals surface area contributed by atoms with Gasteiger partial charge in [0.1, 0.15) is 11.5 Å². The van der Waals surface area contributed by atoms with Gasteiger partial charge >= 0.3 is 5.97 Å². The van der Waals surface area contributed by atoms with Crippen LogP contribution in [0.2, 0.25) is 0 Å². The van der Waals surface area contributed by atoms with E-state index < -0.39 is 10.9 Å². The standard InChI is InChI=1S/C39H27N3O6S/c1-47-28-18-12-25(13-19-28)36-31-20-14-24-7-3-5-9-30(24)35(31)40-39-41(36)37(43)34(49-39)22-32-29-8-4-2-6-23(29)15-21-33(32)48-38(44)26-10-16-27(17-11-26)42(45)46/h2-13,15-19,21-22,36H,14,20H2,1H3/b34-22+/t36-/m1/s1. The van der Waals surface area contributed by atoms with E-state index in [2.05, 4.69) is 12.1 Å². The summed E-state index contributed by atoms with van der Waals surface area (Å²) >= 11 is 1.30. The van der Waals surface area contributed by atoms with Gasteiger partial charge in [-0.3, -0.25) is 19.5 Å². The summed E-state index contributed by atoms with van der Waals surface area (Å²) in [6.45, 7) is 0. The summed E-state index contributed by atoms with van der Waals surface area (Å²) in [6, 6.07) is 32.2. The number of esters is 1. The Morgan fingerprint density at radius 1 is 0.939 bits per heavy atom. The fraction of sp³-hybridized carbons (Fsp3) is 0.103. The molecule has 2 heterocycles. The summed E-state index contributed by atoms with van der Waals surface area (Å²) in [5.74, 6) is 0.311. The zero-order valence-electron chi connectivity index (χ0n) is 26.2. The van der Waals surface area contributed by atoms with Crippen molar-refractivity contribution in [1.82, 2.24) is 4.57 Å². The summed E-state index contributed by atoms with van der Waals surface area (Å²) in [5.41, 5.74) is 5.65. The van der Waals surface area contributed by atoms with Gasteiger partial charge in [0.05, 0.1) is 33.9 Å². The van der Waals surface area contributed by atoms with E-state index in [1.54, 1.807) is 23.8 Å². The SMILES string of the molecule is COc1ccc([C@@H]2C3=C(N=c4s/c(=C/c5c(OC(=O)c6ccc([N+](=O)[O-])cc6)ccc6ccccc56)c(=O)n42)c2ccccc2CC3)cc1. The molecule has 5 aromatic carbocycles. The van der Waals surface area contributed by atoms with Gasteiger partial charge in [0.25, 0.3) is 11.2 Å². The molecule has 1 aliphatic heterocycles. The highest BCUT2D eigenvalue weighted by Crippen LogP contribution is 2.41.